The molecular weight excluding hydrogens is 448 g/mol. The number of aliphatic hydroxyl groups is 1. The Labute approximate surface area is 209 Å². The van der Waals surface area contributed by atoms with E-state index in [0.717, 1.165) is 37.9 Å². The summed E-state index contributed by atoms with van der Waals surface area (Å²) in [5.41, 5.74) is 2.86. The van der Waals surface area contributed by atoms with Crippen LogP contribution >= 0.6 is 0 Å². The summed E-state index contributed by atoms with van der Waals surface area (Å²) in [4.78, 5) is 12.5. The Bertz CT molecular complexity index is 812. The molecule has 0 spiro atoms. The van der Waals surface area contributed by atoms with Gasteiger partial charge in [0, 0.05) is 11.8 Å². The van der Waals surface area contributed by atoms with E-state index in [1.165, 1.54) is 17.5 Å². The standard InChI is InChI=1S/C28H42O7/c1-28-9-8-24-23-5-3-22(20-21(23)2-4-25(24)26(28)6-7-27(28)30)35-19-18-34-17-16-33-15-14-32-13-12-31-11-10-29/h3,5,20,24-26,29H,2,4,6-19H2,1H3/t24-,25-,26+,28+/m1/s1. The van der Waals surface area contributed by atoms with Crippen molar-refractivity contribution < 1.29 is 33.6 Å². The Morgan fingerprint density at radius 1 is 0.857 bits per heavy atom. The first-order valence-corrected chi connectivity index (χ1v) is 13.3. The fourth-order valence-electron chi connectivity index (χ4n) is 6.46. The van der Waals surface area contributed by atoms with Crippen LogP contribution in [-0.2, 0) is 30.2 Å². The highest BCUT2D eigenvalue weighted by molar-refractivity contribution is 5.87. The van der Waals surface area contributed by atoms with Crippen LogP contribution in [0.2, 0.25) is 0 Å². The molecule has 196 valence electrons. The van der Waals surface area contributed by atoms with Gasteiger partial charge < -0.3 is 28.8 Å². The summed E-state index contributed by atoms with van der Waals surface area (Å²) in [7, 11) is 0. The average Bonchev–Trinajstić information content (AvgIpc) is 3.18. The van der Waals surface area contributed by atoms with Gasteiger partial charge in [0.1, 0.15) is 18.1 Å². The van der Waals surface area contributed by atoms with Crippen molar-refractivity contribution in [1.29, 1.82) is 0 Å². The molecule has 0 aliphatic heterocycles. The van der Waals surface area contributed by atoms with Gasteiger partial charge in [0.15, 0.2) is 0 Å². The molecule has 4 atom stereocenters. The fraction of sp³-hybridized carbons (Fsp3) is 0.750. The topological polar surface area (TPSA) is 83.5 Å². The second-order valence-corrected chi connectivity index (χ2v) is 10.2. The maximum Gasteiger partial charge on any atom is 0.139 e. The van der Waals surface area contributed by atoms with E-state index in [-0.39, 0.29) is 12.0 Å². The molecule has 0 unspecified atom stereocenters. The molecule has 0 heterocycles. The summed E-state index contributed by atoms with van der Waals surface area (Å²) in [6.45, 7) is 6.73. The second-order valence-electron chi connectivity index (χ2n) is 10.2. The van der Waals surface area contributed by atoms with E-state index < -0.39 is 0 Å². The van der Waals surface area contributed by atoms with Gasteiger partial charge in [0.25, 0.3) is 0 Å². The molecule has 0 amide bonds. The minimum Gasteiger partial charge on any atom is -0.491 e. The fourth-order valence-corrected chi connectivity index (χ4v) is 6.46. The molecule has 7 heteroatoms. The molecule has 2 saturated carbocycles. The van der Waals surface area contributed by atoms with Crippen LogP contribution in [0.15, 0.2) is 18.2 Å². The number of ketones is 1. The predicted octanol–water partition coefficient (Wildman–Crippen LogP) is 3.55. The van der Waals surface area contributed by atoms with Gasteiger partial charge in [-0.15, -0.1) is 0 Å². The predicted molar refractivity (Wildman–Crippen MR) is 132 cm³/mol. The van der Waals surface area contributed by atoms with Crippen LogP contribution in [0.5, 0.6) is 5.75 Å². The first-order valence-electron chi connectivity index (χ1n) is 13.3. The van der Waals surface area contributed by atoms with E-state index in [9.17, 15) is 4.79 Å². The van der Waals surface area contributed by atoms with Gasteiger partial charge in [-0.2, -0.15) is 0 Å². The summed E-state index contributed by atoms with van der Waals surface area (Å²) in [5.74, 6) is 3.26. The van der Waals surface area contributed by atoms with E-state index in [0.29, 0.717) is 83.0 Å². The lowest BCUT2D eigenvalue weighted by atomic mass is 9.55. The van der Waals surface area contributed by atoms with Gasteiger partial charge in [-0.3, -0.25) is 4.79 Å². The minimum atomic E-state index is -0.0587. The molecule has 1 aromatic rings. The van der Waals surface area contributed by atoms with E-state index in [4.69, 9.17) is 28.8 Å². The zero-order valence-electron chi connectivity index (χ0n) is 21.2. The number of aliphatic hydroxyl groups excluding tert-OH is 1. The zero-order valence-corrected chi connectivity index (χ0v) is 21.2. The largest absolute Gasteiger partial charge is 0.491 e. The van der Waals surface area contributed by atoms with Crippen LogP contribution in [0.4, 0.5) is 0 Å². The highest BCUT2D eigenvalue weighted by atomic mass is 16.6. The van der Waals surface area contributed by atoms with Gasteiger partial charge in [-0.1, -0.05) is 13.0 Å². The number of hydrogen-bond acceptors (Lipinski definition) is 7. The zero-order chi connectivity index (χ0) is 24.5. The van der Waals surface area contributed by atoms with E-state index in [1.54, 1.807) is 0 Å². The minimum absolute atomic E-state index is 0.0348. The molecule has 1 aromatic carbocycles. The lowest BCUT2D eigenvalue weighted by Gasteiger charge is -2.48. The van der Waals surface area contributed by atoms with Crippen molar-refractivity contribution in [3.05, 3.63) is 29.3 Å². The summed E-state index contributed by atoms with van der Waals surface area (Å²) in [5, 5.41) is 8.60. The van der Waals surface area contributed by atoms with E-state index in [1.807, 2.05) is 0 Å². The van der Waals surface area contributed by atoms with Gasteiger partial charge in [0.05, 0.1) is 59.5 Å². The average molecular weight is 491 g/mol. The molecule has 2 fully saturated rings. The number of ether oxygens (including phenoxy) is 5. The normalized spacial score (nSPS) is 27.4. The first-order chi connectivity index (χ1) is 17.1. The van der Waals surface area contributed by atoms with Crippen LogP contribution in [0.25, 0.3) is 0 Å². The van der Waals surface area contributed by atoms with Crippen molar-refractivity contribution in [3.8, 4) is 5.75 Å². The third-order valence-corrected chi connectivity index (χ3v) is 8.26. The van der Waals surface area contributed by atoms with Gasteiger partial charge >= 0.3 is 0 Å². The smallest absolute Gasteiger partial charge is 0.139 e. The molecule has 0 saturated heterocycles. The molecule has 4 rings (SSSR count). The molecular formula is C28H42O7. The lowest BCUT2D eigenvalue weighted by molar-refractivity contribution is -0.129. The second kappa shape index (κ2) is 13.2. The van der Waals surface area contributed by atoms with Crippen molar-refractivity contribution in [2.75, 3.05) is 66.1 Å². The van der Waals surface area contributed by atoms with E-state index in [2.05, 4.69) is 25.1 Å². The number of hydrogen-bond donors (Lipinski definition) is 1. The molecule has 0 aromatic heterocycles. The maximum atomic E-state index is 12.5. The Hall–Kier alpha value is -1.51. The Kier molecular flexibility index (Phi) is 9.98. The Balaban J connectivity index is 1.09. The van der Waals surface area contributed by atoms with Crippen molar-refractivity contribution in [2.45, 2.75) is 51.4 Å². The number of fused-ring (bicyclic) bond motifs is 5. The van der Waals surface area contributed by atoms with E-state index >= 15 is 0 Å². The summed E-state index contributed by atoms with van der Waals surface area (Å²) < 4.78 is 27.5. The quantitative estimate of drug-likeness (QED) is 0.377. The van der Waals surface area contributed by atoms with Crippen molar-refractivity contribution >= 4 is 5.78 Å². The van der Waals surface area contributed by atoms with Crippen LogP contribution in [0.3, 0.4) is 0 Å². The highest BCUT2D eigenvalue weighted by Gasteiger charge is 2.54. The lowest BCUT2D eigenvalue weighted by Crippen LogP contribution is -2.42. The first kappa shape index (κ1) is 26.6. The number of Topliss-reactive ketones (excluding diaryl/α,β-unsaturated/α-hetero) is 1. The van der Waals surface area contributed by atoms with Crippen LogP contribution in [-0.4, -0.2) is 77.0 Å². The number of carbonyl (C=O) groups is 1. The SMILES string of the molecule is C[C@]12CC[C@@H]3c4ccc(OCCOCCOCCOCCOCCO)cc4CC[C@H]3[C@@H]1CCC2=O. The van der Waals surface area contributed by atoms with Crippen LogP contribution < -0.4 is 4.74 Å². The van der Waals surface area contributed by atoms with Crippen molar-refractivity contribution in [2.24, 2.45) is 17.3 Å². The summed E-state index contributed by atoms with van der Waals surface area (Å²) in [6.07, 6.45) is 6.34. The van der Waals surface area contributed by atoms with Gasteiger partial charge in [0.2, 0.25) is 0 Å². The van der Waals surface area contributed by atoms with Crippen molar-refractivity contribution in [1.82, 2.24) is 0 Å². The van der Waals surface area contributed by atoms with Crippen molar-refractivity contribution in [3.63, 3.8) is 0 Å². The summed E-state index contributed by atoms with van der Waals surface area (Å²) >= 11 is 0. The number of benzene rings is 1. The third-order valence-electron chi connectivity index (χ3n) is 8.26. The third kappa shape index (κ3) is 6.63. The molecule has 0 radical (unpaired) electrons. The number of aryl methyl sites for hydroxylation is 1. The summed E-state index contributed by atoms with van der Waals surface area (Å²) in [6, 6.07) is 6.60. The highest BCUT2D eigenvalue weighted by Crippen LogP contribution is 2.59. The molecule has 3 aliphatic carbocycles. The molecule has 35 heavy (non-hydrogen) atoms. The molecule has 7 nitrogen and oxygen atoms in total. The molecule has 0 bridgehead atoms. The van der Waals surface area contributed by atoms with Crippen LogP contribution in [0, 0.1) is 17.3 Å². The van der Waals surface area contributed by atoms with Crippen LogP contribution in [0.1, 0.15) is 56.1 Å². The Morgan fingerprint density at radius 3 is 2.20 bits per heavy atom. The molecule has 3 aliphatic rings. The number of rotatable bonds is 15. The monoisotopic (exact) mass is 490 g/mol. The Morgan fingerprint density at radius 2 is 1.51 bits per heavy atom. The number of carbonyl (C=O) groups excluding carboxylic acids is 1. The van der Waals surface area contributed by atoms with Gasteiger partial charge in [-0.05, 0) is 73.1 Å². The maximum absolute atomic E-state index is 12.5. The molecule has 1 N–H and O–H groups in total. The van der Waals surface area contributed by atoms with Gasteiger partial charge in [-0.25, -0.2) is 0 Å².